The first-order chi connectivity index (χ1) is 13.0. The summed E-state index contributed by atoms with van der Waals surface area (Å²) in [5, 5.41) is 2.47. The first kappa shape index (κ1) is 18.4. The summed E-state index contributed by atoms with van der Waals surface area (Å²) in [6.45, 7) is 2.43. The molecule has 1 aliphatic heterocycles. The Hall–Kier alpha value is -3.35. The first-order valence-electron chi connectivity index (χ1n) is 8.68. The van der Waals surface area contributed by atoms with Crippen molar-refractivity contribution >= 4 is 23.6 Å². The van der Waals surface area contributed by atoms with Gasteiger partial charge in [-0.05, 0) is 42.7 Å². The van der Waals surface area contributed by atoms with Crippen molar-refractivity contribution in [3.05, 3.63) is 65.2 Å². The molecular weight excluding hydrogens is 346 g/mol. The van der Waals surface area contributed by atoms with Crippen molar-refractivity contribution in [2.75, 3.05) is 11.4 Å². The monoisotopic (exact) mass is 367 g/mol. The van der Waals surface area contributed by atoms with Crippen LogP contribution in [0.2, 0.25) is 0 Å². The fourth-order valence-corrected chi connectivity index (χ4v) is 3.01. The van der Waals surface area contributed by atoms with E-state index in [9.17, 15) is 14.4 Å². The highest BCUT2D eigenvalue weighted by molar-refractivity contribution is 6.00. The van der Waals surface area contributed by atoms with Crippen molar-refractivity contribution in [1.82, 2.24) is 5.32 Å². The van der Waals surface area contributed by atoms with Crippen molar-refractivity contribution in [1.29, 1.82) is 0 Å². The zero-order valence-electron chi connectivity index (χ0n) is 15.0. The van der Waals surface area contributed by atoms with Crippen LogP contribution in [0, 0.1) is 0 Å². The Bertz CT molecular complexity index is 864. The van der Waals surface area contributed by atoms with E-state index < -0.39 is 18.1 Å². The summed E-state index contributed by atoms with van der Waals surface area (Å²) in [6, 6.07) is 13.7. The molecule has 0 saturated carbocycles. The minimum atomic E-state index is -0.889. The van der Waals surface area contributed by atoms with E-state index in [2.05, 4.69) is 5.32 Å². The van der Waals surface area contributed by atoms with Crippen LogP contribution in [-0.4, -0.2) is 30.6 Å². The van der Waals surface area contributed by atoms with Crippen molar-refractivity contribution in [2.24, 2.45) is 5.73 Å². The number of urea groups is 1. The number of primary amides is 1. The molecule has 3 amide bonds. The van der Waals surface area contributed by atoms with E-state index in [0.717, 1.165) is 23.2 Å². The molecule has 0 saturated heterocycles. The second kappa shape index (κ2) is 7.90. The number of carbonyl (C=O) groups is 3. The van der Waals surface area contributed by atoms with E-state index in [4.69, 9.17) is 10.5 Å². The Balaban J connectivity index is 1.60. The second-order valence-corrected chi connectivity index (χ2v) is 6.33. The number of para-hydroxylation sites is 1. The predicted molar refractivity (Wildman–Crippen MR) is 100 cm³/mol. The molecule has 1 aliphatic rings. The number of nitrogens with one attached hydrogen (secondary N) is 1. The quantitative estimate of drug-likeness (QED) is 0.789. The fraction of sp³-hybridized carbons (Fsp3) is 0.250. The first-order valence-corrected chi connectivity index (χ1v) is 8.68. The lowest BCUT2D eigenvalue weighted by molar-refractivity contribution is -0.126. The number of hydrogen-bond acceptors (Lipinski definition) is 4. The normalized spacial score (nSPS) is 13.6. The number of benzene rings is 2. The molecule has 1 unspecified atom stereocenters. The standard InChI is InChI=1S/C20H21N3O4/c1-13(18(24)23-11-10-15-4-2-3-5-17(15)23)27-19(25)16-8-6-14(7-9-16)12-22-20(21)26/h2-9,13H,10-12H2,1H3,(H3,21,22,26). The van der Waals surface area contributed by atoms with Gasteiger partial charge in [-0.2, -0.15) is 0 Å². The van der Waals surface area contributed by atoms with Gasteiger partial charge in [0.1, 0.15) is 0 Å². The maximum Gasteiger partial charge on any atom is 0.338 e. The Morgan fingerprint density at radius 3 is 2.56 bits per heavy atom. The van der Waals surface area contributed by atoms with E-state index in [0.29, 0.717) is 12.1 Å². The van der Waals surface area contributed by atoms with Gasteiger partial charge in [-0.1, -0.05) is 30.3 Å². The van der Waals surface area contributed by atoms with Gasteiger partial charge in [0.2, 0.25) is 0 Å². The molecule has 0 spiro atoms. The highest BCUT2D eigenvalue weighted by atomic mass is 16.5. The van der Waals surface area contributed by atoms with Gasteiger partial charge in [0, 0.05) is 18.8 Å². The van der Waals surface area contributed by atoms with Crippen LogP contribution in [0.5, 0.6) is 0 Å². The number of anilines is 1. The lowest BCUT2D eigenvalue weighted by Gasteiger charge is -2.21. The number of amides is 3. The fourth-order valence-electron chi connectivity index (χ4n) is 3.01. The van der Waals surface area contributed by atoms with Crippen molar-refractivity contribution in [3.63, 3.8) is 0 Å². The molecule has 0 radical (unpaired) electrons. The summed E-state index contributed by atoms with van der Waals surface area (Å²) in [4.78, 5) is 37.4. The summed E-state index contributed by atoms with van der Waals surface area (Å²) in [7, 11) is 0. The Morgan fingerprint density at radius 1 is 1.15 bits per heavy atom. The molecular formula is C20H21N3O4. The van der Waals surface area contributed by atoms with Gasteiger partial charge >= 0.3 is 12.0 Å². The Morgan fingerprint density at radius 2 is 1.85 bits per heavy atom. The highest BCUT2D eigenvalue weighted by Gasteiger charge is 2.29. The maximum atomic E-state index is 12.7. The maximum absolute atomic E-state index is 12.7. The molecule has 140 valence electrons. The zero-order valence-corrected chi connectivity index (χ0v) is 15.0. The molecule has 0 aliphatic carbocycles. The summed E-state index contributed by atoms with van der Waals surface area (Å²) in [5.74, 6) is -0.812. The molecule has 3 N–H and O–H groups in total. The number of fused-ring (bicyclic) bond motifs is 1. The molecule has 0 fully saturated rings. The number of rotatable bonds is 5. The van der Waals surface area contributed by atoms with Gasteiger partial charge in [-0.3, -0.25) is 4.79 Å². The Labute approximate surface area is 157 Å². The third-order valence-electron chi connectivity index (χ3n) is 4.44. The van der Waals surface area contributed by atoms with E-state index in [1.54, 1.807) is 36.1 Å². The molecule has 0 aromatic heterocycles. The largest absolute Gasteiger partial charge is 0.449 e. The van der Waals surface area contributed by atoms with Gasteiger partial charge in [0.25, 0.3) is 5.91 Å². The van der Waals surface area contributed by atoms with Crippen molar-refractivity contribution in [2.45, 2.75) is 26.0 Å². The third-order valence-corrected chi connectivity index (χ3v) is 4.44. The lowest BCUT2D eigenvalue weighted by atomic mass is 10.1. The molecule has 2 aromatic carbocycles. The second-order valence-electron chi connectivity index (χ2n) is 6.33. The molecule has 7 nitrogen and oxygen atoms in total. The molecule has 1 atom stereocenters. The van der Waals surface area contributed by atoms with Crippen LogP contribution in [0.1, 0.15) is 28.4 Å². The number of nitrogens with two attached hydrogens (primary N) is 1. The third kappa shape index (κ3) is 4.25. The molecule has 1 heterocycles. The highest BCUT2D eigenvalue weighted by Crippen LogP contribution is 2.28. The van der Waals surface area contributed by atoms with Crippen molar-refractivity contribution < 1.29 is 19.1 Å². The predicted octanol–water partition coefficient (Wildman–Crippen LogP) is 1.99. The van der Waals surface area contributed by atoms with E-state index >= 15 is 0 Å². The lowest BCUT2D eigenvalue weighted by Crippen LogP contribution is -2.39. The smallest absolute Gasteiger partial charge is 0.338 e. The van der Waals surface area contributed by atoms with E-state index in [1.807, 2.05) is 24.3 Å². The van der Waals surface area contributed by atoms with Gasteiger partial charge in [0.15, 0.2) is 6.10 Å². The number of nitrogens with zero attached hydrogens (tertiary/aromatic N) is 1. The summed E-state index contributed by atoms with van der Waals surface area (Å²) in [6.07, 6.45) is -0.0940. The number of ether oxygens (including phenoxy) is 1. The molecule has 27 heavy (non-hydrogen) atoms. The molecule has 3 rings (SSSR count). The molecule has 0 bridgehead atoms. The van der Waals surface area contributed by atoms with Crippen LogP contribution in [0.4, 0.5) is 10.5 Å². The van der Waals surface area contributed by atoms with E-state index in [-0.39, 0.29) is 12.5 Å². The van der Waals surface area contributed by atoms with Crippen LogP contribution in [0.25, 0.3) is 0 Å². The zero-order chi connectivity index (χ0) is 19.4. The average Bonchev–Trinajstić information content (AvgIpc) is 3.10. The number of carbonyl (C=O) groups excluding carboxylic acids is 3. The van der Waals surface area contributed by atoms with Crippen LogP contribution in [0.3, 0.4) is 0 Å². The van der Waals surface area contributed by atoms with Crippen molar-refractivity contribution in [3.8, 4) is 0 Å². The van der Waals surface area contributed by atoms with Gasteiger partial charge in [-0.15, -0.1) is 0 Å². The number of esters is 1. The van der Waals surface area contributed by atoms with Crippen LogP contribution in [0.15, 0.2) is 48.5 Å². The summed E-state index contributed by atoms with van der Waals surface area (Å²) >= 11 is 0. The van der Waals surface area contributed by atoms with E-state index in [1.165, 1.54) is 0 Å². The minimum absolute atomic E-state index is 0.240. The minimum Gasteiger partial charge on any atom is -0.449 e. The topological polar surface area (TPSA) is 102 Å². The summed E-state index contributed by atoms with van der Waals surface area (Å²) in [5.41, 5.74) is 8.14. The van der Waals surface area contributed by atoms with Gasteiger partial charge in [0.05, 0.1) is 5.56 Å². The molecule has 7 heteroatoms. The van der Waals surface area contributed by atoms with Gasteiger partial charge < -0.3 is 20.7 Å². The molecule has 2 aromatic rings. The van der Waals surface area contributed by atoms with Crippen LogP contribution in [-0.2, 0) is 22.5 Å². The number of hydrogen-bond donors (Lipinski definition) is 2. The SMILES string of the molecule is CC(OC(=O)c1ccc(CNC(N)=O)cc1)C(=O)N1CCc2ccccc21. The average molecular weight is 367 g/mol. The Kier molecular flexibility index (Phi) is 5.40. The summed E-state index contributed by atoms with van der Waals surface area (Å²) < 4.78 is 5.34. The van der Waals surface area contributed by atoms with Gasteiger partial charge in [-0.25, -0.2) is 9.59 Å². The van der Waals surface area contributed by atoms with Crippen LogP contribution < -0.4 is 16.0 Å². The van der Waals surface area contributed by atoms with Crippen LogP contribution >= 0.6 is 0 Å².